The lowest BCUT2D eigenvalue weighted by Gasteiger charge is -2.27. The van der Waals surface area contributed by atoms with E-state index in [-0.39, 0.29) is 18.2 Å². The molecule has 2 N–H and O–H groups in total. The molecule has 3 unspecified atom stereocenters. The number of ether oxygens (including phenoxy) is 1. The highest BCUT2D eigenvalue weighted by Crippen LogP contribution is 2.19. The van der Waals surface area contributed by atoms with Gasteiger partial charge in [-0.25, -0.2) is 9.59 Å². The number of nitrogens with one attached hydrogen (secondary N) is 1. The van der Waals surface area contributed by atoms with Gasteiger partial charge in [-0.3, -0.25) is 0 Å². The number of amides is 2. The molecule has 0 aromatic heterocycles. The monoisotopic (exact) mass is 286 g/mol. The Morgan fingerprint density at radius 2 is 2.00 bits per heavy atom. The van der Waals surface area contributed by atoms with Crippen LogP contribution in [0.25, 0.3) is 0 Å². The fraction of sp³-hybridized carbons (Fsp3) is 0.857. The highest BCUT2D eigenvalue weighted by molar-refractivity contribution is 5.74. The number of hydrogen-bond donors (Lipinski definition) is 2. The van der Waals surface area contributed by atoms with Crippen molar-refractivity contribution in [2.75, 3.05) is 13.6 Å². The third-order valence-electron chi connectivity index (χ3n) is 3.66. The molecule has 1 heterocycles. The van der Waals surface area contributed by atoms with Gasteiger partial charge < -0.3 is 20.1 Å². The summed E-state index contributed by atoms with van der Waals surface area (Å²) in [7, 11) is 1.78. The number of carbonyl (C=O) groups is 2. The van der Waals surface area contributed by atoms with Crippen LogP contribution in [0.15, 0.2) is 0 Å². The maximum atomic E-state index is 12.0. The van der Waals surface area contributed by atoms with Gasteiger partial charge in [0, 0.05) is 19.6 Å². The first-order valence-electron chi connectivity index (χ1n) is 7.20. The Hall–Kier alpha value is -1.30. The molecular formula is C14H26N2O4. The standard InChI is InChI=1S/C14H26N2O4/c1-9(2)7-10(3)16(4)14(19)15-8-11-5-6-12(20-11)13(17)18/h9-12H,5-8H2,1-4H3,(H,15,19)(H,17,18). The van der Waals surface area contributed by atoms with Crippen molar-refractivity contribution in [3.8, 4) is 0 Å². The molecule has 0 aromatic rings. The second-order valence-electron chi connectivity index (χ2n) is 5.94. The van der Waals surface area contributed by atoms with Gasteiger partial charge in [0.15, 0.2) is 6.10 Å². The molecule has 1 saturated heterocycles. The quantitative estimate of drug-likeness (QED) is 0.779. The van der Waals surface area contributed by atoms with E-state index in [9.17, 15) is 9.59 Å². The highest BCUT2D eigenvalue weighted by atomic mass is 16.5. The molecule has 1 aliphatic heterocycles. The van der Waals surface area contributed by atoms with Gasteiger partial charge in [-0.15, -0.1) is 0 Å². The van der Waals surface area contributed by atoms with Crippen molar-refractivity contribution < 1.29 is 19.4 Å². The van der Waals surface area contributed by atoms with Crippen LogP contribution in [0.3, 0.4) is 0 Å². The van der Waals surface area contributed by atoms with Gasteiger partial charge in [0.05, 0.1) is 6.10 Å². The summed E-state index contributed by atoms with van der Waals surface area (Å²) < 4.78 is 5.35. The zero-order valence-corrected chi connectivity index (χ0v) is 12.8. The second kappa shape index (κ2) is 7.47. The lowest BCUT2D eigenvalue weighted by atomic mass is 10.0. The van der Waals surface area contributed by atoms with E-state index < -0.39 is 12.1 Å². The van der Waals surface area contributed by atoms with E-state index >= 15 is 0 Å². The number of carboxylic acids is 1. The van der Waals surface area contributed by atoms with Crippen molar-refractivity contribution in [1.82, 2.24) is 10.2 Å². The van der Waals surface area contributed by atoms with Crippen LogP contribution in [0.1, 0.15) is 40.0 Å². The largest absolute Gasteiger partial charge is 0.479 e. The van der Waals surface area contributed by atoms with Gasteiger partial charge in [0.1, 0.15) is 0 Å². The minimum Gasteiger partial charge on any atom is -0.479 e. The summed E-state index contributed by atoms with van der Waals surface area (Å²) in [4.78, 5) is 24.4. The van der Waals surface area contributed by atoms with Gasteiger partial charge in [-0.2, -0.15) is 0 Å². The van der Waals surface area contributed by atoms with Crippen LogP contribution in [0, 0.1) is 5.92 Å². The zero-order valence-electron chi connectivity index (χ0n) is 12.8. The van der Waals surface area contributed by atoms with Crippen LogP contribution in [-0.2, 0) is 9.53 Å². The van der Waals surface area contributed by atoms with Crippen molar-refractivity contribution in [3.05, 3.63) is 0 Å². The maximum Gasteiger partial charge on any atom is 0.332 e. The molecule has 6 nitrogen and oxygen atoms in total. The van der Waals surface area contributed by atoms with Crippen molar-refractivity contribution in [2.24, 2.45) is 5.92 Å². The Bertz CT molecular complexity index is 346. The summed E-state index contributed by atoms with van der Waals surface area (Å²) in [5, 5.41) is 11.6. The van der Waals surface area contributed by atoms with Gasteiger partial charge in [0.25, 0.3) is 0 Å². The first-order chi connectivity index (χ1) is 9.31. The SMILES string of the molecule is CC(C)CC(C)N(C)C(=O)NCC1CCC(C(=O)O)O1. The number of rotatable bonds is 6. The van der Waals surface area contributed by atoms with Gasteiger partial charge >= 0.3 is 12.0 Å². The third kappa shape index (κ3) is 5.00. The van der Waals surface area contributed by atoms with E-state index in [2.05, 4.69) is 19.2 Å². The van der Waals surface area contributed by atoms with E-state index in [1.165, 1.54) is 0 Å². The molecule has 0 spiro atoms. The van der Waals surface area contributed by atoms with Crippen LogP contribution < -0.4 is 5.32 Å². The molecule has 0 bridgehead atoms. The van der Waals surface area contributed by atoms with Gasteiger partial charge in [0.2, 0.25) is 0 Å². The Morgan fingerprint density at radius 3 is 2.50 bits per heavy atom. The maximum absolute atomic E-state index is 12.0. The first-order valence-corrected chi connectivity index (χ1v) is 7.20. The third-order valence-corrected chi connectivity index (χ3v) is 3.66. The Labute approximate surface area is 120 Å². The number of carbonyl (C=O) groups excluding carboxylic acids is 1. The Morgan fingerprint density at radius 1 is 1.35 bits per heavy atom. The van der Waals surface area contributed by atoms with Crippen molar-refractivity contribution >= 4 is 12.0 Å². The van der Waals surface area contributed by atoms with Crippen molar-refractivity contribution in [2.45, 2.75) is 58.3 Å². The van der Waals surface area contributed by atoms with Crippen molar-refractivity contribution in [3.63, 3.8) is 0 Å². The van der Waals surface area contributed by atoms with Crippen LogP contribution >= 0.6 is 0 Å². The molecule has 3 atom stereocenters. The molecule has 116 valence electrons. The number of nitrogens with zero attached hydrogens (tertiary/aromatic N) is 1. The lowest BCUT2D eigenvalue weighted by molar-refractivity contribution is -0.149. The van der Waals surface area contributed by atoms with E-state index in [1.807, 2.05) is 6.92 Å². The van der Waals surface area contributed by atoms with Crippen LogP contribution in [0.2, 0.25) is 0 Å². The molecule has 1 rings (SSSR count). The lowest BCUT2D eigenvalue weighted by Crippen LogP contribution is -2.45. The minimum absolute atomic E-state index is 0.138. The Kier molecular flexibility index (Phi) is 6.26. The van der Waals surface area contributed by atoms with Crippen LogP contribution in [-0.4, -0.2) is 53.8 Å². The number of urea groups is 1. The molecule has 2 amide bonds. The fourth-order valence-electron chi connectivity index (χ4n) is 2.40. The molecule has 0 radical (unpaired) electrons. The van der Waals surface area contributed by atoms with E-state index in [1.54, 1.807) is 11.9 Å². The predicted octanol–water partition coefficient (Wildman–Crippen LogP) is 1.69. The smallest absolute Gasteiger partial charge is 0.332 e. The minimum atomic E-state index is -0.929. The van der Waals surface area contributed by atoms with Crippen LogP contribution in [0.5, 0.6) is 0 Å². The number of aliphatic carboxylic acids is 1. The summed E-state index contributed by atoms with van der Waals surface area (Å²) >= 11 is 0. The van der Waals surface area contributed by atoms with E-state index in [4.69, 9.17) is 9.84 Å². The van der Waals surface area contributed by atoms with E-state index in [0.29, 0.717) is 25.3 Å². The average Bonchev–Trinajstić information content (AvgIpc) is 2.83. The zero-order chi connectivity index (χ0) is 15.3. The van der Waals surface area contributed by atoms with Gasteiger partial charge in [-0.05, 0) is 32.1 Å². The summed E-state index contributed by atoms with van der Waals surface area (Å²) in [6.45, 7) is 6.63. The molecule has 1 aliphatic rings. The molecule has 6 heteroatoms. The highest BCUT2D eigenvalue weighted by Gasteiger charge is 2.30. The fourth-order valence-corrected chi connectivity index (χ4v) is 2.40. The average molecular weight is 286 g/mol. The second-order valence-corrected chi connectivity index (χ2v) is 5.94. The Balaban J connectivity index is 2.31. The molecule has 1 fully saturated rings. The predicted molar refractivity (Wildman–Crippen MR) is 75.6 cm³/mol. The van der Waals surface area contributed by atoms with Gasteiger partial charge in [-0.1, -0.05) is 13.8 Å². The summed E-state index contributed by atoms with van der Waals surface area (Å²) in [6, 6.07) is 0.0341. The molecule has 0 aliphatic carbocycles. The molecule has 0 saturated carbocycles. The number of hydrogen-bond acceptors (Lipinski definition) is 3. The summed E-state index contributed by atoms with van der Waals surface area (Å²) in [5.74, 6) is -0.392. The normalized spacial score (nSPS) is 23.6. The van der Waals surface area contributed by atoms with E-state index in [0.717, 1.165) is 6.42 Å². The first kappa shape index (κ1) is 16.8. The molecule has 0 aromatic carbocycles. The molecule has 20 heavy (non-hydrogen) atoms. The van der Waals surface area contributed by atoms with Crippen molar-refractivity contribution in [1.29, 1.82) is 0 Å². The molecular weight excluding hydrogens is 260 g/mol. The summed E-state index contributed by atoms with van der Waals surface area (Å²) in [5.41, 5.74) is 0. The van der Waals surface area contributed by atoms with Crippen LogP contribution in [0.4, 0.5) is 4.79 Å². The number of carboxylic acid groups (broad SMARTS) is 1. The summed E-state index contributed by atoms with van der Waals surface area (Å²) in [6.07, 6.45) is 1.20. The topological polar surface area (TPSA) is 78.9 Å².